The highest BCUT2D eigenvalue weighted by Gasteiger charge is 2.75. The van der Waals surface area contributed by atoms with E-state index in [4.69, 9.17) is 0 Å². The third-order valence-electron chi connectivity index (χ3n) is 3.50. The van der Waals surface area contributed by atoms with Crippen LogP contribution >= 0.6 is 8.60 Å². The van der Waals surface area contributed by atoms with E-state index in [0.29, 0.717) is 0 Å². The Bertz CT molecular complexity index is 653. The summed E-state index contributed by atoms with van der Waals surface area (Å²) in [6.07, 6.45) is -21.4. The molecule has 0 aromatic carbocycles. The highest BCUT2D eigenvalue weighted by atomic mass is 31.2. The van der Waals surface area contributed by atoms with Gasteiger partial charge in [-0.2, -0.15) is 92.2 Å². The second-order valence-corrected chi connectivity index (χ2v) is 7.60. The molecule has 3 nitrogen and oxygen atoms in total. The second-order valence-electron chi connectivity index (χ2n) is 6.37. The Labute approximate surface area is 189 Å². The maximum Gasteiger partial charge on any atom is 0.459 e. The van der Waals surface area contributed by atoms with Crippen molar-refractivity contribution in [2.75, 3.05) is 19.8 Å². The van der Waals surface area contributed by atoms with Crippen LogP contribution < -0.4 is 0 Å². The second kappa shape index (κ2) is 10.4. The molecule has 0 amide bonds. The molecule has 0 aromatic rings. The minimum Gasteiger partial charge on any atom is -0.306 e. The number of halogens is 21. The number of alkyl halides is 21. The summed E-state index contributed by atoms with van der Waals surface area (Å²) >= 11 is 0. The fourth-order valence-electron chi connectivity index (χ4n) is 1.41. The molecule has 0 aromatic heterocycles. The van der Waals surface area contributed by atoms with E-state index in [1.54, 1.807) is 0 Å². The molecule has 0 unspecified atom stereocenters. The number of hydrogen-bond donors (Lipinski definition) is 0. The summed E-state index contributed by atoms with van der Waals surface area (Å²) in [4.78, 5) is 0. The SMILES string of the molecule is FC(F)(F)C(F)(F)C(F)(F)COP(OCC(F)(F)C(F)(F)C(F)(F)F)OCC(F)(F)C(F)(F)C(F)(F)F. The normalized spacial score (nSPS) is 16.1. The van der Waals surface area contributed by atoms with Crippen LogP contribution in [-0.2, 0) is 13.6 Å². The molecule has 0 saturated carbocycles. The fourth-order valence-corrected chi connectivity index (χ4v) is 2.43. The maximum absolute atomic E-state index is 13.2. The first-order valence-electron chi connectivity index (χ1n) is 7.94. The minimum absolute atomic E-state index is 3.15. The van der Waals surface area contributed by atoms with Crippen molar-refractivity contribution in [3.8, 4) is 0 Å². The molecule has 0 fully saturated rings. The van der Waals surface area contributed by atoms with Gasteiger partial charge < -0.3 is 13.6 Å². The molecule has 37 heavy (non-hydrogen) atoms. The highest BCUT2D eigenvalue weighted by Crippen LogP contribution is 2.53. The molecule has 0 heterocycles. The smallest absolute Gasteiger partial charge is 0.306 e. The van der Waals surface area contributed by atoms with Gasteiger partial charge in [-0.05, 0) is 0 Å². The van der Waals surface area contributed by atoms with Crippen molar-refractivity contribution >= 4 is 8.60 Å². The average molecular weight is 628 g/mol. The van der Waals surface area contributed by atoms with Crippen LogP contribution in [-0.4, -0.2) is 73.9 Å². The Morgan fingerprint density at radius 1 is 0.324 bits per heavy atom. The van der Waals surface area contributed by atoms with Crippen molar-refractivity contribution in [1.82, 2.24) is 0 Å². The molecule has 25 heteroatoms. The van der Waals surface area contributed by atoms with Crippen molar-refractivity contribution in [1.29, 1.82) is 0 Å². The van der Waals surface area contributed by atoms with Crippen LogP contribution in [0.1, 0.15) is 0 Å². The van der Waals surface area contributed by atoms with Crippen molar-refractivity contribution in [3.05, 3.63) is 0 Å². The van der Waals surface area contributed by atoms with Gasteiger partial charge in [0.1, 0.15) is 19.8 Å². The summed E-state index contributed by atoms with van der Waals surface area (Å²) in [6.45, 7) is -10.6. The molecule has 224 valence electrons. The molecule has 0 atom stereocenters. The van der Waals surface area contributed by atoms with E-state index in [-0.39, 0.29) is 0 Å². The van der Waals surface area contributed by atoms with Crippen LogP contribution in [0, 0.1) is 0 Å². The van der Waals surface area contributed by atoms with E-state index < -0.39 is 82.5 Å². The molecule has 0 rings (SSSR count). The Morgan fingerprint density at radius 2 is 0.486 bits per heavy atom. The predicted octanol–water partition coefficient (Wildman–Crippen LogP) is 7.76. The summed E-state index contributed by atoms with van der Waals surface area (Å²) in [5.41, 5.74) is 0. The Kier molecular flexibility index (Phi) is 10.1. The van der Waals surface area contributed by atoms with Gasteiger partial charge in [0.2, 0.25) is 0 Å². The Hall–Kier alpha value is -1.16. The molecule has 0 N–H and O–H groups in total. The standard InChI is InChI=1S/C12H6F21O3P/c13-4(14,7(19,20)10(25,26)27)1-34-37(35-2-5(15,16)8(21,22)11(28,29)30)36-3-6(17,18)9(23,24)12(31,32)33/h1-3H2. The van der Waals surface area contributed by atoms with Crippen LogP contribution in [0.3, 0.4) is 0 Å². The molecule has 0 spiro atoms. The largest absolute Gasteiger partial charge is 0.459 e. The van der Waals surface area contributed by atoms with Crippen LogP contribution in [0.25, 0.3) is 0 Å². The molecule has 0 aliphatic rings. The zero-order valence-electron chi connectivity index (χ0n) is 16.2. The van der Waals surface area contributed by atoms with Gasteiger partial charge in [-0.1, -0.05) is 0 Å². The zero-order valence-corrected chi connectivity index (χ0v) is 17.1. The van der Waals surface area contributed by atoms with E-state index in [1.165, 1.54) is 0 Å². The fraction of sp³-hybridized carbons (Fsp3) is 1.00. The average Bonchev–Trinajstić information content (AvgIpc) is 2.64. The number of hydrogen-bond acceptors (Lipinski definition) is 3. The van der Waals surface area contributed by atoms with Gasteiger partial charge >= 0.3 is 62.7 Å². The lowest BCUT2D eigenvalue weighted by Crippen LogP contribution is -2.55. The van der Waals surface area contributed by atoms with Gasteiger partial charge in [0, 0.05) is 0 Å². The monoisotopic (exact) mass is 628 g/mol. The molecule has 0 saturated heterocycles. The first kappa shape index (κ1) is 35.8. The van der Waals surface area contributed by atoms with Gasteiger partial charge in [0.05, 0.1) is 0 Å². The van der Waals surface area contributed by atoms with E-state index in [2.05, 4.69) is 13.6 Å². The van der Waals surface area contributed by atoms with Gasteiger partial charge in [-0.25, -0.2) is 0 Å². The summed E-state index contributed by atoms with van der Waals surface area (Å²) in [7, 11) is -5.04. The lowest BCUT2D eigenvalue weighted by molar-refractivity contribution is -0.362. The maximum atomic E-state index is 13.2. The van der Waals surface area contributed by atoms with E-state index in [1.807, 2.05) is 0 Å². The van der Waals surface area contributed by atoms with Crippen LogP contribution in [0.4, 0.5) is 92.2 Å². The lowest BCUT2D eigenvalue weighted by Gasteiger charge is -2.31. The van der Waals surface area contributed by atoms with Gasteiger partial charge in [-0.15, -0.1) is 0 Å². The molecule has 0 aliphatic heterocycles. The topological polar surface area (TPSA) is 27.7 Å². The van der Waals surface area contributed by atoms with Gasteiger partial charge in [0.25, 0.3) is 0 Å². The lowest BCUT2D eigenvalue weighted by atomic mass is 10.2. The molecule has 0 bridgehead atoms. The van der Waals surface area contributed by atoms with Crippen molar-refractivity contribution in [2.45, 2.75) is 54.1 Å². The van der Waals surface area contributed by atoms with Crippen LogP contribution in [0.15, 0.2) is 0 Å². The zero-order chi connectivity index (χ0) is 30.3. The third kappa shape index (κ3) is 7.49. The summed E-state index contributed by atoms with van der Waals surface area (Å²) in [5, 5.41) is 0. The van der Waals surface area contributed by atoms with Crippen LogP contribution in [0.5, 0.6) is 0 Å². The van der Waals surface area contributed by atoms with E-state index in [0.717, 1.165) is 0 Å². The Balaban J connectivity index is 5.97. The van der Waals surface area contributed by atoms with E-state index >= 15 is 0 Å². The summed E-state index contributed by atoms with van der Waals surface area (Å²) in [6, 6.07) is 0. The van der Waals surface area contributed by atoms with Crippen molar-refractivity contribution in [2.24, 2.45) is 0 Å². The third-order valence-corrected chi connectivity index (χ3v) is 4.52. The highest BCUT2D eigenvalue weighted by molar-refractivity contribution is 7.41. The molecule has 0 aliphatic carbocycles. The summed E-state index contributed by atoms with van der Waals surface area (Å²) < 4.78 is 273. The van der Waals surface area contributed by atoms with Crippen molar-refractivity contribution < 1.29 is 106 Å². The molecular weight excluding hydrogens is 622 g/mol. The minimum atomic E-state index is -7.13. The Morgan fingerprint density at radius 3 is 0.622 bits per heavy atom. The first-order chi connectivity index (χ1) is 15.8. The molecular formula is C12H6F21O3P. The number of rotatable bonds is 12. The predicted molar refractivity (Wildman–Crippen MR) is 72.6 cm³/mol. The van der Waals surface area contributed by atoms with Gasteiger partial charge in [-0.3, -0.25) is 0 Å². The van der Waals surface area contributed by atoms with E-state index in [9.17, 15) is 92.2 Å². The van der Waals surface area contributed by atoms with Crippen molar-refractivity contribution in [3.63, 3.8) is 0 Å². The van der Waals surface area contributed by atoms with Gasteiger partial charge in [0.15, 0.2) is 0 Å². The first-order valence-corrected chi connectivity index (χ1v) is 9.04. The quantitative estimate of drug-likeness (QED) is 0.164. The summed E-state index contributed by atoms with van der Waals surface area (Å²) in [5.74, 6) is -41.0. The van der Waals surface area contributed by atoms with Crippen LogP contribution in [0.2, 0.25) is 0 Å². The molecule has 0 radical (unpaired) electrons.